The zero-order valence-corrected chi connectivity index (χ0v) is 14.6. The van der Waals surface area contributed by atoms with E-state index in [2.05, 4.69) is 47.2 Å². The summed E-state index contributed by atoms with van der Waals surface area (Å²) in [5, 5.41) is 9.08. The van der Waals surface area contributed by atoms with Crippen molar-refractivity contribution in [2.24, 2.45) is 0 Å². The minimum atomic E-state index is -0.767. The molecule has 0 bridgehead atoms. The average molecular weight is 347 g/mol. The second kappa shape index (κ2) is 6.79. The summed E-state index contributed by atoms with van der Waals surface area (Å²) in [5.74, 6) is 0.0873. The molecule has 0 saturated carbocycles. The molecule has 3 heterocycles. The molecule has 0 spiro atoms. The van der Waals surface area contributed by atoms with Gasteiger partial charge in [-0.1, -0.05) is 18.2 Å². The number of carboxylic acid groups (broad SMARTS) is 1. The van der Waals surface area contributed by atoms with Crippen LogP contribution in [0.2, 0.25) is 0 Å². The Kier molecular flexibility index (Phi) is 4.33. The van der Waals surface area contributed by atoms with Gasteiger partial charge in [-0.3, -0.25) is 4.79 Å². The fraction of sp³-hybridized carbons (Fsp3) is 0.250. The van der Waals surface area contributed by atoms with Crippen LogP contribution in [0.4, 0.5) is 0 Å². The first-order valence-corrected chi connectivity index (χ1v) is 8.85. The number of aromatic nitrogens is 1. The topological polar surface area (TPSA) is 54.7 Å². The fourth-order valence-corrected chi connectivity index (χ4v) is 3.52. The molecule has 0 amide bonds. The van der Waals surface area contributed by atoms with Gasteiger partial charge in [-0.2, -0.15) is 0 Å². The summed E-state index contributed by atoms with van der Waals surface area (Å²) in [7, 11) is 2.05. The third-order valence-corrected chi connectivity index (χ3v) is 4.75. The molecule has 1 unspecified atom stereocenters. The first-order valence-electron chi connectivity index (χ1n) is 8.85. The van der Waals surface area contributed by atoms with Crippen LogP contribution in [0.3, 0.4) is 0 Å². The van der Waals surface area contributed by atoms with Crippen molar-refractivity contribution in [3.05, 3.63) is 65.6 Å². The smallest absolute Gasteiger partial charge is 0.396 e. The average Bonchev–Trinajstić information content (AvgIpc) is 3.23. The van der Waals surface area contributed by atoms with E-state index in [1.807, 2.05) is 31.3 Å². The van der Waals surface area contributed by atoms with Crippen LogP contribution in [0.5, 0.6) is 5.75 Å². The normalized spacial score (nSPS) is 17.7. The number of carboxylic acids is 1. The molecule has 4 rings (SSSR count). The Bertz CT molecular complexity index is 883. The van der Waals surface area contributed by atoms with Crippen molar-refractivity contribution in [1.82, 2.24) is 9.29 Å². The minimum Gasteiger partial charge on any atom is -0.494 e. The van der Waals surface area contributed by atoms with E-state index in [9.17, 15) is 4.79 Å². The van der Waals surface area contributed by atoms with Crippen LogP contribution in [0.1, 0.15) is 31.0 Å². The maximum Gasteiger partial charge on any atom is 0.396 e. The van der Waals surface area contributed by atoms with Gasteiger partial charge in [0, 0.05) is 29.4 Å². The van der Waals surface area contributed by atoms with Crippen molar-refractivity contribution >= 4 is 25.2 Å². The van der Waals surface area contributed by atoms with Gasteiger partial charge in [0.25, 0.3) is 0 Å². The Balaban J connectivity index is 1.68. The molecule has 2 aliphatic rings. The van der Waals surface area contributed by atoms with Gasteiger partial charge in [-0.05, 0) is 55.4 Å². The van der Waals surface area contributed by atoms with Crippen LogP contribution in [-0.4, -0.2) is 40.6 Å². The molecule has 0 fully saturated rings. The summed E-state index contributed by atoms with van der Waals surface area (Å²) in [4.78, 5) is 13.2. The molecule has 5 nitrogen and oxygen atoms in total. The van der Waals surface area contributed by atoms with Crippen molar-refractivity contribution in [3.63, 3.8) is 0 Å². The molecular weight excluding hydrogens is 327 g/mol. The number of fused-ring (bicyclic) bond motifs is 2. The van der Waals surface area contributed by atoms with E-state index in [1.165, 1.54) is 0 Å². The van der Waals surface area contributed by atoms with Crippen LogP contribution in [-0.2, 0) is 4.79 Å². The van der Waals surface area contributed by atoms with Crippen molar-refractivity contribution in [2.45, 2.75) is 25.8 Å². The number of aliphatic carboxylic acids is 1. The van der Waals surface area contributed by atoms with Gasteiger partial charge in [-0.15, -0.1) is 0 Å². The van der Waals surface area contributed by atoms with Gasteiger partial charge in [0.15, 0.2) is 0 Å². The van der Waals surface area contributed by atoms with Crippen LogP contribution < -0.4 is 4.74 Å². The summed E-state index contributed by atoms with van der Waals surface area (Å²) in [6.45, 7) is 2.61. The summed E-state index contributed by atoms with van der Waals surface area (Å²) in [6.07, 6.45) is 7.05. The molecule has 1 radical (unpaired) electrons. The lowest BCUT2D eigenvalue weighted by atomic mass is 9.96. The van der Waals surface area contributed by atoms with Crippen LogP contribution >= 0.6 is 0 Å². The SMILES string of the molecule is CCOc1ccc(C2=CC(CCC(=O)O)N3[B]n4cccc4C=C23)cc1. The maximum absolute atomic E-state index is 11.0. The van der Waals surface area contributed by atoms with Crippen LogP contribution in [0.15, 0.2) is 54.4 Å². The third-order valence-electron chi connectivity index (χ3n) is 4.75. The van der Waals surface area contributed by atoms with E-state index in [-0.39, 0.29) is 12.5 Å². The van der Waals surface area contributed by atoms with Gasteiger partial charge < -0.3 is 19.1 Å². The highest BCUT2D eigenvalue weighted by Crippen LogP contribution is 2.39. The van der Waals surface area contributed by atoms with Gasteiger partial charge in [0.05, 0.1) is 6.61 Å². The van der Waals surface area contributed by atoms with Crippen molar-refractivity contribution in [2.75, 3.05) is 6.61 Å². The van der Waals surface area contributed by atoms with E-state index in [4.69, 9.17) is 9.84 Å². The molecule has 6 heteroatoms. The Labute approximate surface area is 153 Å². The number of hydrogen-bond acceptors (Lipinski definition) is 3. The molecule has 2 aromatic rings. The third kappa shape index (κ3) is 3.03. The van der Waals surface area contributed by atoms with E-state index in [0.29, 0.717) is 13.0 Å². The Hall–Kier alpha value is -2.89. The van der Waals surface area contributed by atoms with Crippen LogP contribution in [0.25, 0.3) is 11.6 Å². The zero-order valence-electron chi connectivity index (χ0n) is 14.6. The first-order chi connectivity index (χ1) is 12.7. The molecule has 0 saturated heterocycles. The molecule has 1 aromatic heterocycles. The molecular formula is C20H20BN2O3. The Morgan fingerprint density at radius 2 is 2.08 bits per heavy atom. The number of ether oxygens (including phenoxy) is 1. The van der Waals surface area contributed by atoms with Crippen molar-refractivity contribution in [3.8, 4) is 5.75 Å². The number of nitrogens with zero attached hydrogens (tertiary/aromatic N) is 2. The summed E-state index contributed by atoms with van der Waals surface area (Å²) >= 11 is 0. The van der Waals surface area contributed by atoms with Gasteiger partial charge in [-0.25, -0.2) is 0 Å². The Morgan fingerprint density at radius 3 is 2.81 bits per heavy atom. The number of rotatable bonds is 6. The highest BCUT2D eigenvalue weighted by atomic mass is 16.5. The second-order valence-corrected chi connectivity index (χ2v) is 6.43. The lowest BCUT2D eigenvalue weighted by Gasteiger charge is -2.31. The first kappa shape index (κ1) is 16.6. The fourth-order valence-electron chi connectivity index (χ4n) is 3.52. The van der Waals surface area contributed by atoms with E-state index < -0.39 is 5.97 Å². The molecule has 0 aliphatic carbocycles. The Morgan fingerprint density at radius 1 is 1.27 bits per heavy atom. The second-order valence-electron chi connectivity index (χ2n) is 6.43. The highest BCUT2D eigenvalue weighted by molar-refractivity contribution is 6.34. The molecule has 1 aromatic carbocycles. The van der Waals surface area contributed by atoms with Crippen molar-refractivity contribution < 1.29 is 14.6 Å². The quantitative estimate of drug-likeness (QED) is 0.815. The van der Waals surface area contributed by atoms with Crippen molar-refractivity contribution in [1.29, 1.82) is 0 Å². The maximum atomic E-state index is 11.0. The highest BCUT2D eigenvalue weighted by Gasteiger charge is 2.33. The summed E-state index contributed by atoms with van der Waals surface area (Å²) in [5.41, 5.74) is 4.46. The zero-order chi connectivity index (χ0) is 18.1. The summed E-state index contributed by atoms with van der Waals surface area (Å²) < 4.78 is 7.59. The van der Waals surface area contributed by atoms with Crippen LogP contribution in [0, 0.1) is 0 Å². The predicted octanol–water partition coefficient (Wildman–Crippen LogP) is 3.26. The standard InChI is InChI=1S/C20H20BN2O3/c1-2-26-17-8-5-14(6-9-17)18-12-16(7-10-20(24)25)23-19(18)13-15-4-3-11-22(15)21-23/h3-6,8-9,11-13,16H,2,7,10H2,1H3,(H,24,25). The predicted molar refractivity (Wildman–Crippen MR) is 102 cm³/mol. The number of hydrogen-bond donors (Lipinski definition) is 1. The molecule has 1 N–H and O–H groups in total. The van der Waals surface area contributed by atoms with E-state index in [0.717, 1.165) is 28.3 Å². The molecule has 1 atom stereocenters. The van der Waals surface area contributed by atoms with Gasteiger partial charge in [0.1, 0.15) is 5.75 Å². The molecule has 2 aliphatic heterocycles. The largest absolute Gasteiger partial charge is 0.494 e. The minimum absolute atomic E-state index is 0.0365. The van der Waals surface area contributed by atoms with Gasteiger partial charge >= 0.3 is 13.5 Å². The van der Waals surface area contributed by atoms with E-state index >= 15 is 0 Å². The number of benzene rings is 1. The monoisotopic (exact) mass is 347 g/mol. The lowest BCUT2D eigenvalue weighted by molar-refractivity contribution is -0.137. The number of allylic oxidation sites excluding steroid dienone is 1. The number of carbonyl (C=O) groups is 1. The van der Waals surface area contributed by atoms with E-state index in [1.54, 1.807) is 0 Å². The molecule has 26 heavy (non-hydrogen) atoms. The molecule has 131 valence electrons. The lowest BCUT2D eigenvalue weighted by Crippen LogP contribution is -2.39. The summed E-state index contributed by atoms with van der Waals surface area (Å²) in [6, 6.07) is 12.2. The van der Waals surface area contributed by atoms with Gasteiger partial charge in [0.2, 0.25) is 0 Å².